The van der Waals surface area contributed by atoms with Crippen LogP contribution in [0.25, 0.3) is 21.1 Å². The number of para-hydroxylation sites is 1. The van der Waals surface area contributed by atoms with Crippen molar-refractivity contribution in [1.82, 2.24) is 9.55 Å². The Hall–Kier alpha value is -2.70. The second-order valence-electron chi connectivity index (χ2n) is 6.80. The molecule has 0 fully saturated rings. The Kier molecular flexibility index (Phi) is 4.69. The Bertz CT molecular complexity index is 1290. The molecule has 1 N–H and O–H groups in total. The molecule has 1 unspecified atom stereocenters. The summed E-state index contributed by atoms with van der Waals surface area (Å²) in [5.41, 5.74) is 3.21. The Balaban J connectivity index is 1.73. The number of nitrogens with zero attached hydrogens (tertiary/aromatic N) is 2. The van der Waals surface area contributed by atoms with Crippen LogP contribution in [0, 0.1) is 13.8 Å². The number of carbonyl (C=O) groups excluding carboxylic acids is 1. The third kappa shape index (κ3) is 3.19. The van der Waals surface area contributed by atoms with Crippen molar-refractivity contribution < 1.29 is 4.79 Å². The van der Waals surface area contributed by atoms with Gasteiger partial charge in [0.1, 0.15) is 6.04 Å². The molecule has 0 saturated heterocycles. The fourth-order valence-corrected chi connectivity index (χ4v) is 4.55. The van der Waals surface area contributed by atoms with Crippen LogP contribution < -0.4 is 10.9 Å². The average molecular weight is 412 g/mol. The van der Waals surface area contributed by atoms with Crippen molar-refractivity contribution in [3.8, 4) is 0 Å². The number of thiazole rings is 1. The third-order valence-corrected chi connectivity index (χ3v) is 6.00. The van der Waals surface area contributed by atoms with Gasteiger partial charge in [-0.25, -0.2) is 4.98 Å². The summed E-state index contributed by atoms with van der Waals surface area (Å²) in [6, 6.07) is 12.1. The van der Waals surface area contributed by atoms with Crippen molar-refractivity contribution in [2.24, 2.45) is 0 Å². The molecule has 0 aliphatic heterocycles. The fourth-order valence-electron chi connectivity index (χ4n) is 3.40. The molecule has 2 aromatic carbocycles. The van der Waals surface area contributed by atoms with Crippen LogP contribution in [-0.4, -0.2) is 15.5 Å². The minimum atomic E-state index is -0.688. The lowest BCUT2D eigenvalue weighted by Crippen LogP contribution is -2.32. The molecule has 0 aliphatic rings. The maximum atomic E-state index is 12.9. The van der Waals surface area contributed by atoms with Gasteiger partial charge in [0.25, 0.3) is 5.56 Å². The van der Waals surface area contributed by atoms with E-state index in [0.29, 0.717) is 10.2 Å². The highest BCUT2D eigenvalue weighted by atomic mass is 35.5. The van der Waals surface area contributed by atoms with E-state index >= 15 is 0 Å². The van der Waals surface area contributed by atoms with E-state index in [2.05, 4.69) is 10.3 Å². The summed E-state index contributed by atoms with van der Waals surface area (Å²) in [4.78, 5) is 30.1. The minimum absolute atomic E-state index is 0.196. The molecular formula is C21H18ClN3O2S. The normalized spacial score (nSPS) is 12.4. The van der Waals surface area contributed by atoms with Crippen LogP contribution in [0.5, 0.6) is 0 Å². The third-order valence-electron chi connectivity index (χ3n) is 4.83. The van der Waals surface area contributed by atoms with Gasteiger partial charge in [0.05, 0.1) is 15.7 Å². The van der Waals surface area contributed by atoms with Crippen LogP contribution in [-0.2, 0) is 4.79 Å². The molecule has 0 aliphatic carbocycles. The van der Waals surface area contributed by atoms with Crippen molar-refractivity contribution in [3.63, 3.8) is 0 Å². The van der Waals surface area contributed by atoms with Gasteiger partial charge in [0.15, 0.2) is 5.13 Å². The molecule has 0 bridgehead atoms. The maximum Gasteiger partial charge on any atom is 0.252 e. The van der Waals surface area contributed by atoms with Gasteiger partial charge in [-0.05, 0) is 50.1 Å². The van der Waals surface area contributed by atoms with Gasteiger partial charge >= 0.3 is 0 Å². The van der Waals surface area contributed by atoms with Gasteiger partial charge in [0.2, 0.25) is 5.91 Å². The number of halogens is 1. The molecule has 28 heavy (non-hydrogen) atoms. The molecule has 1 amide bonds. The SMILES string of the molecule is Cc1cc(=O)n(C(C)C(=O)Nc2nc3ccc(Cl)cc3s2)c2c(C)cccc12. The number of amides is 1. The van der Waals surface area contributed by atoms with Crippen LogP contribution in [0.4, 0.5) is 5.13 Å². The van der Waals surface area contributed by atoms with E-state index in [4.69, 9.17) is 11.6 Å². The monoisotopic (exact) mass is 411 g/mol. The molecule has 142 valence electrons. The fraction of sp³-hybridized carbons (Fsp3) is 0.190. The summed E-state index contributed by atoms with van der Waals surface area (Å²) >= 11 is 7.37. The molecule has 4 aromatic rings. The number of hydrogen-bond acceptors (Lipinski definition) is 4. The molecule has 1 atom stereocenters. The quantitative estimate of drug-likeness (QED) is 0.511. The van der Waals surface area contributed by atoms with E-state index in [0.717, 1.165) is 32.2 Å². The number of aryl methyl sites for hydroxylation is 2. The van der Waals surface area contributed by atoms with E-state index in [1.807, 2.05) is 44.2 Å². The van der Waals surface area contributed by atoms with Gasteiger partial charge < -0.3 is 5.32 Å². The Labute approximate surface area is 170 Å². The average Bonchev–Trinajstić information content (AvgIpc) is 3.03. The summed E-state index contributed by atoms with van der Waals surface area (Å²) in [7, 11) is 0. The summed E-state index contributed by atoms with van der Waals surface area (Å²) in [6.45, 7) is 5.58. The van der Waals surface area contributed by atoms with Crippen LogP contribution in [0.1, 0.15) is 24.1 Å². The topological polar surface area (TPSA) is 64.0 Å². The summed E-state index contributed by atoms with van der Waals surface area (Å²) in [5, 5.41) is 4.91. The highest BCUT2D eigenvalue weighted by Gasteiger charge is 2.21. The number of benzene rings is 2. The minimum Gasteiger partial charge on any atom is -0.300 e. The first-order chi connectivity index (χ1) is 13.3. The van der Waals surface area contributed by atoms with Gasteiger partial charge in [-0.2, -0.15) is 0 Å². The van der Waals surface area contributed by atoms with Crippen LogP contribution in [0.15, 0.2) is 47.3 Å². The van der Waals surface area contributed by atoms with Gasteiger partial charge in [0, 0.05) is 16.5 Å². The Morgan fingerprint density at radius 1 is 1.18 bits per heavy atom. The standard InChI is InChI=1S/C21H18ClN3O2S/c1-11-5-4-6-15-12(2)9-18(26)25(19(11)15)13(3)20(27)24-21-23-16-8-7-14(22)10-17(16)28-21/h4-10,13H,1-3H3,(H,23,24,27). The number of hydrogen-bond donors (Lipinski definition) is 1. The number of aromatic nitrogens is 2. The number of carbonyl (C=O) groups is 1. The van der Waals surface area contributed by atoms with Crippen molar-refractivity contribution in [2.75, 3.05) is 5.32 Å². The van der Waals surface area contributed by atoms with Gasteiger partial charge in [-0.3, -0.25) is 14.2 Å². The maximum absolute atomic E-state index is 12.9. The highest BCUT2D eigenvalue weighted by molar-refractivity contribution is 7.22. The van der Waals surface area contributed by atoms with Crippen LogP contribution >= 0.6 is 22.9 Å². The zero-order chi connectivity index (χ0) is 20.0. The largest absolute Gasteiger partial charge is 0.300 e. The Morgan fingerprint density at radius 3 is 2.75 bits per heavy atom. The lowest BCUT2D eigenvalue weighted by Gasteiger charge is -2.19. The van der Waals surface area contributed by atoms with Crippen molar-refractivity contribution in [2.45, 2.75) is 26.8 Å². The molecule has 4 rings (SSSR count). The first-order valence-corrected chi connectivity index (χ1v) is 10.0. The number of pyridine rings is 1. The van der Waals surface area contributed by atoms with E-state index in [1.54, 1.807) is 23.6 Å². The molecule has 0 saturated carbocycles. The van der Waals surface area contributed by atoms with Crippen LogP contribution in [0.2, 0.25) is 5.02 Å². The molecule has 5 nitrogen and oxygen atoms in total. The summed E-state index contributed by atoms with van der Waals surface area (Å²) in [6.07, 6.45) is 0. The summed E-state index contributed by atoms with van der Waals surface area (Å²) < 4.78 is 2.45. The predicted octanol–water partition coefficient (Wildman–Crippen LogP) is 5.08. The van der Waals surface area contributed by atoms with E-state index in [1.165, 1.54) is 11.3 Å². The first-order valence-electron chi connectivity index (χ1n) is 8.83. The zero-order valence-corrected chi connectivity index (χ0v) is 17.2. The summed E-state index contributed by atoms with van der Waals surface area (Å²) in [5.74, 6) is -0.291. The van der Waals surface area contributed by atoms with Gasteiger partial charge in [-0.15, -0.1) is 0 Å². The molecular weight excluding hydrogens is 394 g/mol. The lowest BCUT2D eigenvalue weighted by atomic mass is 10.1. The highest BCUT2D eigenvalue weighted by Crippen LogP contribution is 2.29. The van der Waals surface area contributed by atoms with Crippen molar-refractivity contribution in [1.29, 1.82) is 0 Å². The molecule has 2 aromatic heterocycles. The predicted molar refractivity (Wildman–Crippen MR) is 116 cm³/mol. The van der Waals surface area contributed by atoms with E-state index in [-0.39, 0.29) is 11.5 Å². The smallest absolute Gasteiger partial charge is 0.252 e. The zero-order valence-electron chi connectivity index (χ0n) is 15.6. The van der Waals surface area contributed by atoms with Gasteiger partial charge in [-0.1, -0.05) is 41.1 Å². The second kappa shape index (κ2) is 7.04. The van der Waals surface area contributed by atoms with E-state index < -0.39 is 6.04 Å². The van der Waals surface area contributed by atoms with Crippen molar-refractivity contribution in [3.05, 3.63) is 69.0 Å². The first kappa shape index (κ1) is 18.7. The van der Waals surface area contributed by atoms with Crippen molar-refractivity contribution >= 4 is 55.1 Å². The molecule has 0 spiro atoms. The molecule has 7 heteroatoms. The second-order valence-corrected chi connectivity index (χ2v) is 8.27. The number of rotatable bonds is 3. The van der Waals surface area contributed by atoms with E-state index in [9.17, 15) is 9.59 Å². The molecule has 0 radical (unpaired) electrons. The number of fused-ring (bicyclic) bond motifs is 2. The Morgan fingerprint density at radius 2 is 1.96 bits per heavy atom. The lowest BCUT2D eigenvalue weighted by molar-refractivity contribution is -0.118. The molecule has 2 heterocycles. The number of nitrogens with one attached hydrogen (secondary N) is 1. The van der Waals surface area contributed by atoms with Crippen LogP contribution in [0.3, 0.4) is 0 Å². The number of anilines is 1.